The minimum absolute atomic E-state index is 0.0741. The van der Waals surface area contributed by atoms with Crippen molar-refractivity contribution in [2.75, 3.05) is 5.32 Å². The average Bonchev–Trinajstić information content (AvgIpc) is 3.18. The number of nitrogens with one attached hydrogen (secondary N) is 3. The lowest BCUT2D eigenvalue weighted by molar-refractivity contribution is 0.0438. The Bertz CT molecular complexity index is 1280. The molecule has 186 valence electrons. The Morgan fingerprint density at radius 1 is 1.17 bits per heavy atom. The van der Waals surface area contributed by atoms with Gasteiger partial charge in [0.15, 0.2) is 0 Å². The Kier molecular flexibility index (Phi) is 5.98. The maximum absolute atomic E-state index is 16.2. The van der Waals surface area contributed by atoms with Gasteiger partial charge in [-0.3, -0.25) is 0 Å². The molecule has 1 aliphatic carbocycles. The van der Waals surface area contributed by atoms with Gasteiger partial charge < -0.3 is 20.4 Å². The SMILES string of the molecule is Cc1c[nH]c2c(-c3c(F)cc4c(c3F)[C@H](C)C(OC(=O)NC3CCCCC3)C(C)(C)N4)cccc12. The maximum atomic E-state index is 16.2. The predicted octanol–water partition coefficient (Wildman–Crippen LogP) is 7.16. The number of rotatable bonds is 3. The molecule has 0 bridgehead atoms. The number of halogens is 2. The van der Waals surface area contributed by atoms with E-state index in [1.807, 2.05) is 46.0 Å². The molecule has 0 saturated heterocycles. The minimum atomic E-state index is -0.715. The van der Waals surface area contributed by atoms with Gasteiger partial charge >= 0.3 is 6.09 Å². The van der Waals surface area contributed by atoms with E-state index >= 15 is 8.78 Å². The van der Waals surface area contributed by atoms with E-state index in [0.29, 0.717) is 22.3 Å². The van der Waals surface area contributed by atoms with E-state index in [4.69, 9.17) is 4.74 Å². The molecule has 1 aliphatic heterocycles. The number of amides is 1. The van der Waals surface area contributed by atoms with Crippen molar-refractivity contribution in [3.05, 3.63) is 53.2 Å². The molecule has 3 N–H and O–H groups in total. The lowest BCUT2D eigenvalue weighted by atomic mass is 9.77. The van der Waals surface area contributed by atoms with Crippen molar-refractivity contribution in [1.29, 1.82) is 0 Å². The molecule has 2 aromatic carbocycles. The highest BCUT2D eigenvalue weighted by Gasteiger charge is 2.45. The number of para-hydroxylation sites is 1. The van der Waals surface area contributed by atoms with Crippen LogP contribution in [0.1, 0.15) is 69.9 Å². The van der Waals surface area contributed by atoms with Crippen molar-refractivity contribution >= 4 is 22.7 Å². The first-order valence-corrected chi connectivity index (χ1v) is 12.5. The van der Waals surface area contributed by atoms with Gasteiger partial charge in [-0.05, 0) is 45.2 Å². The summed E-state index contributed by atoms with van der Waals surface area (Å²) in [6.07, 6.45) is 5.98. The summed E-state index contributed by atoms with van der Waals surface area (Å²) in [6.45, 7) is 7.56. The Balaban J connectivity index is 1.51. The standard InChI is InChI=1S/C28H33F2N3O2/c1-15-14-31-25-18(15)11-8-12-19(25)23-20(29)13-21-22(24(23)30)16(2)26(28(3,4)33-21)35-27(34)32-17-9-6-5-7-10-17/h8,11-14,16-17,26,31,33H,5-7,9-10H2,1-4H3,(H,32,34)/t16-,26?/m0/s1. The number of hydrogen-bond acceptors (Lipinski definition) is 3. The van der Waals surface area contributed by atoms with Crippen LogP contribution in [0.15, 0.2) is 30.5 Å². The van der Waals surface area contributed by atoms with Crippen LogP contribution >= 0.6 is 0 Å². The van der Waals surface area contributed by atoms with Gasteiger partial charge in [-0.1, -0.05) is 44.4 Å². The number of anilines is 1. The summed E-state index contributed by atoms with van der Waals surface area (Å²) in [5.74, 6) is -1.75. The fourth-order valence-corrected chi connectivity index (χ4v) is 5.94. The molecular weight excluding hydrogens is 448 g/mol. The van der Waals surface area contributed by atoms with Crippen LogP contribution in [0.4, 0.5) is 19.3 Å². The first-order chi connectivity index (χ1) is 16.7. The second kappa shape index (κ2) is 8.85. The monoisotopic (exact) mass is 481 g/mol. The summed E-state index contributed by atoms with van der Waals surface area (Å²) in [7, 11) is 0. The zero-order chi connectivity index (χ0) is 24.9. The lowest BCUT2D eigenvalue weighted by Crippen LogP contribution is -2.53. The highest BCUT2D eigenvalue weighted by Crippen LogP contribution is 2.46. The number of ether oxygens (including phenoxy) is 1. The van der Waals surface area contributed by atoms with Gasteiger partial charge in [0.25, 0.3) is 0 Å². The normalized spacial score (nSPS) is 21.9. The highest BCUT2D eigenvalue weighted by molar-refractivity contribution is 5.96. The van der Waals surface area contributed by atoms with Crippen molar-refractivity contribution in [2.24, 2.45) is 0 Å². The van der Waals surface area contributed by atoms with E-state index in [-0.39, 0.29) is 11.6 Å². The van der Waals surface area contributed by atoms with Gasteiger partial charge in [-0.25, -0.2) is 13.6 Å². The van der Waals surface area contributed by atoms with Crippen molar-refractivity contribution in [3.63, 3.8) is 0 Å². The summed E-state index contributed by atoms with van der Waals surface area (Å²) >= 11 is 0. The number of fused-ring (bicyclic) bond motifs is 2. The molecule has 0 radical (unpaired) electrons. The topological polar surface area (TPSA) is 66.2 Å². The Labute approximate surface area is 204 Å². The van der Waals surface area contributed by atoms with Crippen LogP contribution in [0.5, 0.6) is 0 Å². The zero-order valence-electron chi connectivity index (χ0n) is 20.7. The molecule has 2 atom stereocenters. The number of carbonyl (C=O) groups is 1. The van der Waals surface area contributed by atoms with Gasteiger partial charge in [0, 0.05) is 40.4 Å². The Morgan fingerprint density at radius 2 is 1.91 bits per heavy atom. The van der Waals surface area contributed by atoms with Gasteiger partial charge in [0.05, 0.1) is 16.6 Å². The van der Waals surface area contributed by atoms with Gasteiger partial charge in [0.1, 0.15) is 17.7 Å². The molecule has 3 aromatic rings. The highest BCUT2D eigenvalue weighted by atomic mass is 19.1. The first kappa shape index (κ1) is 23.6. The zero-order valence-corrected chi connectivity index (χ0v) is 20.7. The summed E-state index contributed by atoms with van der Waals surface area (Å²) in [5.41, 5.74) is 2.11. The van der Waals surface area contributed by atoms with Gasteiger partial charge in [-0.15, -0.1) is 0 Å². The van der Waals surface area contributed by atoms with Gasteiger partial charge in [0.2, 0.25) is 0 Å². The van der Waals surface area contributed by atoms with Crippen LogP contribution < -0.4 is 10.6 Å². The molecule has 2 aliphatic rings. The van der Waals surface area contributed by atoms with Crippen LogP contribution in [-0.2, 0) is 4.74 Å². The molecule has 1 saturated carbocycles. The maximum Gasteiger partial charge on any atom is 0.407 e. The number of hydrogen-bond donors (Lipinski definition) is 3. The van der Waals surface area contributed by atoms with E-state index in [0.717, 1.165) is 36.6 Å². The molecular formula is C28H33F2N3O2. The van der Waals surface area contributed by atoms with E-state index < -0.39 is 35.3 Å². The molecule has 0 spiro atoms. The molecule has 1 fully saturated rings. The quantitative estimate of drug-likeness (QED) is 0.372. The molecule has 1 aromatic heterocycles. The van der Waals surface area contributed by atoms with Crippen LogP contribution in [0.2, 0.25) is 0 Å². The van der Waals surface area contributed by atoms with Crippen molar-refractivity contribution in [1.82, 2.24) is 10.3 Å². The smallest absolute Gasteiger partial charge is 0.407 e. The minimum Gasteiger partial charge on any atom is -0.443 e. The summed E-state index contributed by atoms with van der Waals surface area (Å²) in [6, 6.07) is 6.94. The number of benzene rings is 2. The predicted molar refractivity (Wildman–Crippen MR) is 135 cm³/mol. The molecule has 1 unspecified atom stereocenters. The molecule has 35 heavy (non-hydrogen) atoms. The molecule has 2 heterocycles. The fraction of sp³-hybridized carbons (Fsp3) is 0.464. The van der Waals surface area contributed by atoms with Gasteiger partial charge in [-0.2, -0.15) is 0 Å². The van der Waals surface area contributed by atoms with Crippen LogP contribution in [0, 0.1) is 18.6 Å². The van der Waals surface area contributed by atoms with E-state index in [1.165, 1.54) is 12.5 Å². The third-order valence-electron chi connectivity index (χ3n) is 7.69. The van der Waals surface area contributed by atoms with Crippen molar-refractivity contribution in [2.45, 2.75) is 83.4 Å². The second-order valence-electron chi connectivity index (χ2n) is 10.6. The number of H-pyrrole nitrogens is 1. The second-order valence-corrected chi connectivity index (χ2v) is 10.6. The van der Waals surface area contributed by atoms with Crippen LogP contribution in [0.3, 0.4) is 0 Å². The Hall–Kier alpha value is -3.09. The first-order valence-electron chi connectivity index (χ1n) is 12.5. The van der Waals surface area contributed by atoms with E-state index in [2.05, 4.69) is 15.6 Å². The summed E-state index contributed by atoms with van der Waals surface area (Å²) in [5, 5.41) is 7.14. The Morgan fingerprint density at radius 3 is 2.66 bits per heavy atom. The summed E-state index contributed by atoms with van der Waals surface area (Å²) < 4.78 is 37.5. The number of aromatic amines is 1. The van der Waals surface area contributed by atoms with E-state index in [1.54, 1.807) is 6.07 Å². The van der Waals surface area contributed by atoms with E-state index in [9.17, 15) is 4.79 Å². The number of carbonyl (C=O) groups excluding carboxylic acids is 1. The third kappa shape index (κ3) is 4.15. The van der Waals surface area contributed by atoms with Crippen LogP contribution in [0.25, 0.3) is 22.0 Å². The number of aromatic nitrogens is 1. The van der Waals surface area contributed by atoms with Crippen LogP contribution in [-0.4, -0.2) is 28.8 Å². The molecule has 7 heteroatoms. The summed E-state index contributed by atoms with van der Waals surface area (Å²) in [4.78, 5) is 15.9. The molecule has 5 rings (SSSR count). The van der Waals surface area contributed by atoms with Crippen molar-refractivity contribution in [3.8, 4) is 11.1 Å². The number of alkyl carbamates (subject to hydrolysis) is 1. The lowest BCUT2D eigenvalue weighted by Gasteiger charge is -2.44. The fourth-order valence-electron chi connectivity index (χ4n) is 5.94. The molecule has 5 nitrogen and oxygen atoms in total. The largest absolute Gasteiger partial charge is 0.443 e. The molecule has 1 amide bonds. The third-order valence-corrected chi connectivity index (χ3v) is 7.69. The average molecular weight is 482 g/mol. The van der Waals surface area contributed by atoms with Crippen molar-refractivity contribution < 1.29 is 18.3 Å². The number of aryl methyl sites for hydroxylation is 1.